The van der Waals surface area contributed by atoms with E-state index in [4.69, 9.17) is 4.74 Å². The van der Waals surface area contributed by atoms with Crippen molar-refractivity contribution in [1.82, 2.24) is 10.6 Å². The molecule has 1 spiro atoms. The number of carbonyl (C=O) groups is 1. The number of carbonyl (C=O) groups excluding carboxylic acids is 1. The summed E-state index contributed by atoms with van der Waals surface area (Å²) < 4.78 is 5.66. The van der Waals surface area contributed by atoms with Gasteiger partial charge in [0.2, 0.25) is 5.91 Å². The fourth-order valence-corrected chi connectivity index (χ4v) is 3.70. The molecule has 3 rings (SSSR count). The Bertz CT molecular complexity index is 547. The van der Waals surface area contributed by atoms with Crippen LogP contribution in [0.25, 0.3) is 0 Å². The van der Waals surface area contributed by atoms with Gasteiger partial charge in [-0.2, -0.15) is 0 Å². The molecule has 2 N–H and O–H groups in total. The third kappa shape index (κ3) is 3.69. The summed E-state index contributed by atoms with van der Waals surface area (Å²) in [5.74, 6) is 1.32. The number of nitrogens with one attached hydrogen (secondary N) is 2. The molecule has 0 aromatic heterocycles. The maximum absolute atomic E-state index is 12.5. The van der Waals surface area contributed by atoms with Gasteiger partial charge < -0.3 is 15.4 Å². The SMILES string of the molecule is CC(C)Oc1ccc(C(C)NC(=O)C2CC23CCNCC3)cc1. The minimum Gasteiger partial charge on any atom is -0.491 e. The van der Waals surface area contributed by atoms with Gasteiger partial charge in [0.25, 0.3) is 0 Å². The van der Waals surface area contributed by atoms with Crippen molar-refractivity contribution in [3.05, 3.63) is 29.8 Å². The first-order valence-corrected chi connectivity index (χ1v) is 8.78. The summed E-state index contributed by atoms with van der Waals surface area (Å²) in [6, 6.07) is 8.06. The van der Waals surface area contributed by atoms with Crippen LogP contribution in [-0.2, 0) is 4.79 Å². The van der Waals surface area contributed by atoms with Gasteiger partial charge in [-0.25, -0.2) is 0 Å². The monoisotopic (exact) mass is 316 g/mol. The van der Waals surface area contributed by atoms with Crippen molar-refractivity contribution < 1.29 is 9.53 Å². The molecular formula is C19H28N2O2. The quantitative estimate of drug-likeness (QED) is 0.878. The second-order valence-corrected chi connectivity index (χ2v) is 7.34. The van der Waals surface area contributed by atoms with Crippen LogP contribution in [0.3, 0.4) is 0 Å². The van der Waals surface area contributed by atoms with E-state index in [0.717, 1.165) is 43.7 Å². The van der Waals surface area contributed by atoms with Gasteiger partial charge in [-0.05, 0) is 76.2 Å². The zero-order chi connectivity index (χ0) is 16.4. The van der Waals surface area contributed by atoms with Gasteiger partial charge in [-0.3, -0.25) is 4.79 Å². The summed E-state index contributed by atoms with van der Waals surface area (Å²) in [4.78, 5) is 12.5. The van der Waals surface area contributed by atoms with Crippen molar-refractivity contribution >= 4 is 5.91 Å². The average Bonchev–Trinajstić information content (AvgIpc) is 3.21. The summed E-state index contributed by atoms with van der Waals surface area (Å²) in [6.07, 6.45) is 3.52. The molecule has 0 bridgehead atoms. The molecular weight excluding hydrogens is 288 g/mol. The van der Waals surface area contributed by atoms with Crippen molar-refractivity contribution in [1.29, 1.82) is 0 Å². The fraction of sp³-hybridized carbons (Fsp3) is 0.632. The normalized spacial score (nSPS) is 23.6. The molecule has 1 heterocycles. The number of hydrogen-bond acceptors (Lipinski definition) is 3. The Morgan fingerprint density at radius 3 is 2.48 bits per heavy atom. The Balaban J connectivity index is 1.54. The van der Waals surface area contributed by atoms with Gasteiger partial charge in [-0.1, -0.05) is 12.1 Å². The molecule has 2 unspecified atom stereocenters. The molecule has 1 aliphatic carbocycles. The van der Waals surface area contributed by atoms with Gasteiger partial charge in [0.1, 0.15) is 5.75 Å². The molecule has 1 aliphatic heterocycles. The number of piperidine rings is 1. The molecule has 1 saturated heterocycles. The molecule has 0 radical (unpaired) electrons. The molecule has 2 fully saturated rings. The first kappa shape index (κ1) is 16.3. The fourth-order valence-electron chi connectivity index (χ4n) is 3.70. The highest BCUT2D eigenvalue weighted by Crippen LogP contribution is 2.58. The zero-order valence-electron chi connectivity index (χ0n) is 14.4. The van der Waals surface area contributed by atoms with Crippen LogP contribution in [0.4, 0.5) is 0 Å². The predicted octanol–water partition coefficient (Wildman–Crippen LogP) is 3.04. The van der Waals surface area contributed by atoms with Crippen LogP contribution < -0.4 is 15.4 Å². The first-order valence-electron chi connectivity index (χ1n) is 8.78. The minimum atomic E-state index is 0.0370. The largest absolute Gasteiger partial charge is 0.491 e. The van der Waals surface area contributed by atoms with Gasteiger partial charge in [-0.15, -0.1) is 0 Å². The Morgan fingerprint density at radius 1 is 1.22 bits per heavy atom. The van der Waals surface area contributed by atoms with Crippen LogP contribution in [0, 0.1) is 11.3 Å². The summed E-state index contributed by atoms with van der Waals surface area (Å²) >= 11 is 0. The standard InChI is InChI=1S/C19H28N2O2/c1-13(2)23-16-6-4-15(5-7-16)14(3)21-18(22)17-12-19(17)8-10-20-11-9-19/h4-7,13-14,17,20H,8-12H2,1-3H3,(H,21,22). The lowest BCUT2D eigenvalue weighted by molar-refractivity contribution is -0.123. The predicted molar refractivity (Wildman–Crippen MR) is 91.4 cm³/mol. The van der Waals surface area contributed by atoms with Crippen molar-refractivity contribution in [3.63, 3.8) is 0 Å². The number of rotatable bonds is 5. The number of benzene rings is 1. The van der Waals surface area contributed by atoms with Gasteiger partial charge in [0, 0.05) is 5.92 Å². The summed E-state index contributed by atoms with van der Waals surface area (Å²) in [7, 11) is 0. The lowest BCUT2D eigenvalue weighted by Gasteiger charge is -2.24. The van der Waals surface area contributed by atoms with Crippen molar-refractivity contribution in [2.45, 2.75) is 52.2 Å². The van der Waals surface area contributed by atoms with Crippen molar-refractivity contribution in [2.75, 3.05) is 13.1 Å². The molecule has 4 heteroatoms. The van der Waals surface area contributed by atoms with Crippen LogP contribution in [0.1, 0.15) is 51.6 Å². The Kier molecular flexibility index (Phi) is 4.62. The lowest BCUT2D eigenvalue weighted by atomic mass is 9.91. The van der Waals surface area contributed by atoms with Crippen LogP contribution in [-0.4, -0.2) is 25.1 Å². The van der Waals surface area contributed by atoms with Crippen LogP contribution in [0.2, 0.25) is 0 Å². The molecule has 126 valence electrons. The molecule has 1 amide bonds. The molecule has 23 heavy (non-hydrogen) atoms. The number of amides is 1. The highest BCUT2D eigenvalue weighted by atomic mass is 16.5. The molecule has 1 aromatic rings. The highest BCUT2D eigenvalue weighted by Gasteiger charge is 2.57. The molecule has 1 aromatic carbocycles. The molecule has 1 saturated carbocycles. The second-order valence-electron chi connectivity index (χ2n) is 7.34. The van der Waals surface area contributed by atoms with E-state index in [1.165, 1.54) is 0 Å². The first-order chi connectivity index (χ1) is 11.0. The van der Waals surface area contributed by atoms with E-state index in [0.29, 0.717) is 5.41 Å². The smallest absolute Gasteiger partial charge is 0.224 e. The van der Waals surface area contributed by atoms with Crippen molar-refractivity contribution in [3.8, 4) is 5.75 Å². The van der Waals surface area contributed by atoms with E-state index in [2.05, 4.69) is 10.6 Å². The zero-order valence-corrected chi connectivity index (χ0v) is 14.4. The van der Waals surface area contributed by atoms with E-state index < -0.39 is 0 Å². The summed E-state index contributed by atoms with van der Waals surface area (Å²) in [6.45, 7) is 8.19. The van der Waals surface area contributed by atoms with Gasteiger partial charge in [0.05, 0.1) is 12.1 Å². The maximum Gasteiger partial charge on any atom is 0.224 e. The van der Waals surface area contributed by atoms with E-state index in [9.17, 15) is 4.79 Å². The molecule has 4 nitrogen and oxygen atoms in total. The van der Waals surface area contributed by atoms with Crippen LogP contribution in [0.15, 0.2) is 24.3 Å². The van der Waals surface area contributed by atoms with Crippen LogP contribution in [0.5, 0.6) is 5.75 Å². The second kappa shape index (κ2) is 6.52. The molecule has 2 aliphatic rings. The van der Waals surface area contributed by atoms with E-state index in [1.807, 2.05) is 45.0 Å². The minimum absolute atomic E-state index is 0.0370. The van der Waals surface area contributed by atoms with Gasteiger partial charge in [0.15, 0.2) is 0 Å². The summed E-state index contributed by atoms with van der Waals surface area (Å²) in [5.41, 5.74) is 1.42. The lowest BCUT2D eigenvalue weighted by Crippen LogP contribution is -2.34. The van der Waals surface area contributed by atoms with E-state index in [1.54, 1.807) is 0 Å². The summed E-state index contributed by atoms with van der Waals surface area (Å²) in [5, 5.41) is 6.57. The Hall–Kier alpha value is -1.55. The van der Waals surface area contributed by atoms with Crippen LogP contribution >= 0.6 is 0 Å². The van der Waals surface area contributed by atoms with Gasteiger partial charge >= 0.3 is 0 Å². The number of ether oxygens (including phenoxy) is 1. The third-order valence-electron chi connectivity index (χ3n) is 5.22. The highest BCUT2D eigenvalue weighted by molar-refractivity contribution is 5.83. The number of hydrogen-bond donors (Lipinski definition) is 2. The van der Waals surface area contributed by atoms with Crippen molar-refractivity contribution in [2.24, 2.45) is 11.3 Å². The van der Waals surface area contributed by atoms with E-state index >= 15 is 0 Å². The average molecular weight is 316 g/mol. The van der Waals surface area contributed by atoms with E-state index in [-0.39, 0.29) is 24.0 Å². The topological polar surface area (TPSA) is 50.4 Å². The third-order valence-corrected chi connectivity index (χ3v) is 5.22. The Morgan fingerprint density at radius 2 is 1.87 bits per heavy atom. The Labute approximate surface area is 139 Å². The maximum atomic E-state index is 12.5. The molecule has 2 atom stereocenters.